The van der Waals surface area contributed by atoms with E-state index in [2.05, 4.69) is 10.1 Å². The van der Waals surface area contributed by atoms with E-state index in [1.54, 1.807) is 28.3 Å². The van der Waals surface area contributed by atoms with Gasteiger partial charge in [0, 0.05) is 23.2 Å². The number of carbonyl (C=O) groups is 1. The molecule has 0 bridgehead atoms. The van der Waals surface area contributed by atoms with Crippen LogP contribution in [0.3, 0.4) is 0 Å². The van der Waals surface area contributed by atoms with Crippen LogP contribution in [0.1, 0.15) is 23.2 Å². The van der Waals surface area contributed by atoms with E-state index in [9.17, 15) is 4.79 Å². The molecule has 0 amide bonds. The smallest absolute Gasteiger partial charge is 0.331 e. The molecule has 0 aliphatic rings. The number of aryl methyl sites for hydroxylation is 1. The molecule has 0 fully saturated rings. The zero-order chi connectivity index (χ0) is 16.8. The lowest BCUT2D eigenvalue weighted by Crippen LogP contribution is -2.01. The van der Waals surface area contributed by atoms with Crippen LogP contribution in [-0.4, -0.2) is 20.7 Å². The lowest BCUT2D eigenvalue weighted by atomic mass is 10.3. The molecule has 0 atom stereocenters. The van der Waals surface area contributed by atoms with Gasteiger partial charge in [-0.3, -0.25) is 0 Å². The Kier molecular flexibility index (Phi) is 5.18. The number of rotatable bonds is 6. The van der Waals surface area contributed by atoms with Gasteiger partial charge in [0.1, 0.15) is 6.61 Å². The summed E-state index contributed by atoms with van der Waals surface area (Å²) in [5.41, 5.74) is 2.59. The van der Waals surface area contributed by atoms with Crippen molar-refractivity contribution in [2.75, 3.05) is 0 Å². The quantitative estimate of drug-likeness (QED) is 0.508. The van der Waals surface area contributed by atoms with Crippen molar-refractivity contribution in [1.82, 2.24) is 14.8 Å². The van der Waals surface area contributed by atoms with Crippen LogP contribution in [0.25, 0.3) is 11.8 Å². The van der Waals surface area contributed by atoms with Crippen LogP contribution in [0.15, 0.2) is 54.2 Å². The molecule has 0 aliphatic heterocycles. The van der Waals surface area contributed by atoms with Gasteiger partial charge in [-0.05, 0) is 24.6 Å². The van der Waals surface area contributed by atoms with Crippen molar-refractivity contribution in [3.05, 3.63) is 70.4 Å². The standard InChI is InChI=1S/C18H17N3O2S/c1-2-17-20-15(13-24-17)12-23-18(22)9-8-14-10-19-21(11-14)16-6-4-3-5-7-16/h3-11,13H,2,12H2,1H3/b9-8+. The summed E-state index contributed by atoms with van der Waals surface area (Å²) in [6.45, 7) is 2.25. The van der Waals surface area contributed by atoms with Crippen molar-refractivity contribution in [2.24, 2.45) is 0 Å². The van der Waals surface area contributed by atoms with E-state index in [0.717, 1.165) is 28.4 Å². The van der Waals surface area contributed by atoms with Gasteiger partial charge in [0.15, 0.2) is 0 Å². The molecule has 3 aromatic rings. The Morgan fingerprint density at radius 2 is 2.17 bits per heavy atom. The van der Waals surface area contributed by atoms with Crippen molar-refractivity contribution in [3.8, 4) is 5.69 Å². The van der Waals surface area contributed by atoms with Gasteiger partial charge in [-0.25, -0.2) is 14.5 Å². The molecule has 0 unspecified atom stereocenters. The third kappa shape index (κ3) is 4.17. The molecule has 0 radical (unpaired) electrons. The summed E-state index contributed by atoms with van der Waals surface area (Å²) < 4.78 is 6.95. The fourth-order valence-corrected chi connectivity index (χ4v) is 2.81. The molecule has 2 aromatic heterocycles. The number of thiazole rings is 1. The van der Waals surface area contributed by atoms with E-state index in [0.29, 0.717) is 0 Å². The van der Waals surface area contributed by atoms with Crippen molar-refractivity contribution < 1.29 is 9.53 Å². The van der Waals surface area contributed by atoms with Gasteiger partial charge in [0.2, 0.25) is 0 Å². The molecule has 6 heteroatoms. The number of hydrogen-bond acceptors (Lipinski definition) is 5. The molecule has 24 heavy (non-hydrogen) atoms. The van der Waals surface area contributed by atoms with Gasteiger partial charge in [0.05, 0.1) is 22.6 Å². The summed E-state index contributed by atoms with van der Waals surface area (Å²) in [4.78, 5) is 16.1. The molecule has 0 N–H and O–H groups in total. The topological polar surface area (TPSA) is 57.0 Å². The molecular weight excluding hydrogens is 322 g/mol. The van der Waals surface area contributed by atoms with Crippen LogP contribution in [0, 0.1) is 0 Å². The average molecular weight is 339 g/mol. The molecule has 2 heterocycles. The SMILES string of the molecule is CCc1nc(COC(=O)/C=C/c2cnn(-c3ccccc3)c2)cs1. The summed E-state index contributed by atoms with van der Waals surface area (Å²) >= 11 is 1.58. The first kappa shape index (κ1) is 16.1. The molecule has 1 aromatic carbocycles. The molecular formula is C18H17N3O2S. The largest absolute Gasteiger partial charge is 0.456 e. The Morgan fingerprint density at radius 1 is 1.33 bits per heavy atom. The fraction of sp³-hybridized carbons (Fsp3) is 0.167. The molecule has 0 aliphatic carbocycles. The molecule has 0 saturated heterocycles. The van der Waals surface area contributed by atoms with Gasteiger partial charge in [-0.15, -0.1) is 11.3 Å². The third-order valence-electron chi connectivity index (χ3n) is 3.30. The van der Waals surface area contributed by atoms with Crippen LogP contribution >= 0.6 is 11.3 Å². The molecule has 5 nitrogen and oxygen atoms in total. The van der Waals surface area contributed by atoms with Gasteiger partial charge < -0.3 is 4.74 Å². The highest BCUT2D eigenvalue weighted by atomic mass is 32.1. The number of ether oxygens (including phenoxy) is 1. The summed E-state index contributed by atoms with van der Waals surface area (Å²) in [6.07, 6.45) is 7.54. The van der Waals surface area contributed by atoms with E-state index in [1.165, 1.54) is 6.08 Å². The van der Waals surface area contributed by atoms with Crippen LogP contribution in [-0.2, 0) is 22.6 Å². The average Bonchev–Trinajstić information content (AvgIpc) is 3.28. The van der Waals surface area contributed by atoms with Gasteiger partial charge in [-0.1, -0.05) is 25.1 Å². The second kappa shape index (κ2) is 7.70. The molecule has 0 spiro atoms. The highest BCUT2D eigenvalue weighted by Crippen LogP contribution is 2.12. The number of hydrogen-bond donors (Lipinski definition) is 0. The van der Waals surface area contributed by atoms with Crippen LogP contribution in [0.2, 0.25) is 0 Å². The van der Waals surface area contributed by atoms with Crippen molar-refractivity contribution in [3.63, 3.8) is 0 Å². The Bertz CT molecular complexity index is 837. The van der Waals surface area contributed by atoms with Gasteiger partial charge >= 0.3 is 5.97 Å². The number of esters is 1. The normalized spacial score (nSPS) is 11.0. The van der Waals surface area contributed by atoms with E-state index in [4.69, 9.17) is 4.74 Å². The molecule has 122 valence electrons. The fourth-order valence-electron chi connectivity index (χ4n) is 2.08. The van der Waals surface area contributed by atoms with Crippen molar-refractivity contribution in [1.29, 1.82) is 0 Å². The maximum atomic E-state index is 11.8. The van der Waals surface area contributed by atoms with E-state index >= 15 is 0 Å². The minimum atomic E-state index is -0.395. The van der Waals surface area contributed by atoms with Crippen LogP contribution in [0.4, 0.5) is 0 Å². The lowest BCUT2D eigenvalue weighted by molar-refractivity contribution is -0.139. The molecule has 3 rings (SSSR count). The maximum absolute atomic E-state index is 11.8. The predicted molar refractivity (Wildman–Crippen MR) is 93.9 cm³/mol. The number of aromatic nitrogens is 3. The second-order valence-corrected chi connectivity index (χ2v) is 6.02. The first-order chi connectivity index (χ1) is 11.7. The Balaban J connectivity index is 1.55. The number of benzene rings is 1. The van der Waals surface area contributed by atoms with E-state index in [1.807, 2.05) is 48.8 Å². The van der Waals surface area contributed by atoms with Crippen LogP contribution in [0.5, 0.6) is 0 Å². The van der Waals surface area contributed by atoms with Gasteiger partial charge in [-0.2, -0.15) is 5.10 Å². The minimum absolute atomic E-state index is 0.197. The van der Waals surface area contributed by atoms with Gasteiger partial charge in [0.25, 0.3) is 0 Å². The highest BCUT2D eigenvalue weighted by Gasteiger charge is 2.04. The van der Waals surface area contributed by atoms with E-state index in [-0.39, 0.29) is 6.61 Å². The first-order valence-electron chi connectivity index (χ1n) is 7.63. The molecule has 0 saturated carbocycles. The summed E-state index contributed by atoms with van der Waals surface area (Å²) in [5.74, 6) is -0.395. The lowest BCUT2D eigenvalue weighted by Gasteiger charge is -1.98. The summed E-state index contributed by atoms with van der Waals surface area (Å²) in [5, 5.41) is 7.24. The second-order valence-electron chi connectivity index (χ2n) is 5.08. The minimum Gasteiger partial charge on any atom is -0.456 e. The number of nitrogens with zero attached hydrogens (tertiary/aromatic N) is 3. The summed E-state index contributed by atoms with van der Waals surface area (Å²) in [6, 6.07) is 9.79. The maximum Gasteiger partial charge on any atom is 0.331 e. The zero-order valence-corrected chi connectivity index (χ0v) is 14.1. The zero-order valence-electron chi connectivity index (χ0n) is 13.3. The van der Waals surface area contributed by atoms with Crippen molar-refractivity contribution in [2.45, 2.75) is 20.0 Å². The highest BCUT2D eigenvalue weighted by molar-refractivity contribution is 7.09. The predicted octanol–water partition coefficient (Wildman–Crippen LogP) is 3.65. The van der Waals surface area contributed by atoms with E-state index < -0.39 is 5.97 Å². The monoisotopic (exact) mass is 339 g/mol. The Hall–Kier alpha value is -2.73. The Morgan fingerprint density at radius 3 is 2.92 bits per heavy atom. The summed E-state index contributed by atoms with van der Waals surface area (Å²) in [7, 11) is 0. The third-order valence-corrected chi connectivity index (χ3v) is 4.34. The number of para-hydroxylation sites is 1. The Labute approximate surface area is 144 Å². The first-order valence-corrected chi connectivity index (χ1v) is 8.51. The van der Waals surface area contributed by atoms with Crippen LogP contribution < -0.4 is 0 Å². The van der Waals surface area contributed by atoms with Crippen molar-refractivity contribution >= 4 is 23.4 Å². The number of carbonyl (C=O) groups excluding carboxylic acids is 1.